The third-order valence-electron chi connectivity index (χ3n) is 2.45. The van der Waals surface area contributed by atoms with Crippen LogP contribution in [0.2, 0.25) is 0 Å². The molecule has 0 unspecified atom stereocenters. The van der Waals surface area contributed by atoms with Gasteiger partial charge in [0.1, 0.15) is 11.5 Å². The lowest BCUT2D eigenvalue weighted by atomic mass is 10.2. The third-order valence-corrected chi connectivity index (χ3v) is 10.3. The van der Waals surface area contributed by atoms with Crippen LogP contribution in [0.1, 0.15) is 0 Å². The Morgan fingerprint density at radius 2 is 0.680 bits per heavy atom. The van der Waals surface area contributed by atoms with E-state index in [0.717, 1.165) is 0 Å². The molecule has 0 aromatic rings. The first kappa shape index (κ1) is 28.3. The van der Waals surface area contributed by atoms with Gasteiger partial charge in [-0.1, -0.05) is 176 Å². The van der Waals surface area contributed by atoms with Crippen LogP contribution in [-0.2, 0) is 4.74 Å². The molecule has 15 heteroatoms. The molecular formula is C10H4Cl14O. The zero-order valence-corrected chi connectivity index (χ0v) is 21.7. The van der Waals surface area contributed by atoms with E-state index in [4.69, 9.17) is 167 Å². The summed E-state index contributed by atoms with van der Waals surface area (Å²) in [5.74, 6) is -1.20. The molecule has 0 N–H and O–H groups in total. The first-order valence-corrected chi connectivity index (χ1v) is 10.6. The van der Waals surface area contributed by atoms with E-state index < -0.39 is 36.4 Å². The van der Waals surface area contributed by atoms with E-state index in [1.54, 1.807) is 0 Å². The van der Waals surface area contributed by atoms with Gasteiger partial charge in [-0.05, 0) is 0 Å². The zero-order chi connectivity index (χ0) is 20.9. The highest BCUT2D eigenvalue weighted by Crippen LogP contribution is 2.61. The number of hydrogen-bond donors (Lipinski definition) is 0. The number of rotatable bonds is 6. The van der Waals surface area contributed by atoms with Crippen molar-refractivity contribution in [3.8, 4) is 0 Å². The maximum Gasteiger partial charge on any atom is 0.226 e. The molecule has 0 atom stereocenters. The van der Waals surface area contributed by atoms with Crippen molar-refractivity contribution in [2.24, 2.45) is 0 Å². The van der Waals surface area contributed by atoms with Crippen LogP contribution in [0.5, 0.6) is 0 Å². The van der Waals surface area contributed by atoms with Crippen molar-refractivity contribution in [1.82, 2.24) is 0 Å². The SMILES string of the molecule is C=C(OC(=C)C(Cl)(Cl)C(Cl)(Cl)C(Cl)(Cl)Cl)C(Cl)(Cl)C(Cl)(Cl)C(Cl)(Cl)Cl. The number of allylic oxidation sites excluding steroid dienone is 2. The van der Waals surface area contributed by atoms with Crippen molar-refractivity contribution < 1.29 is 4.74 Å². The van der Waals surface area contributed by atoms with Crippen LogP contribution in [0.25, 0.3) is 0 Å². The van der Waals surface area contributed by atoms with Gasteiger partial charge in [-0.3, -0.25) is 0 Å². The van der Waals surface area contributed by atoms with Gasteiger partial charge in [-0.25, -0.2) is 0 Å². The fraction of sp³-hybridized carbons (Fsp3) is 0.600. The Morgan fingerprint density at radius 1 is 0.480 bits per heavy atom. The van der Waals surface area contributed by atoms with E-state index in [9.17, 15) is 0 Å². The minimum atomic E-state index is -2.44. The molecule has 148 valence electrons. The summed E-state index contributed by atoms with van der Waals surface area (Å²) >= 11 is 81.6. The van der Waals surface area contributed by atoms with Gasteiger partial charge in [0, 0.05) is 0 Å². The highest BCUT2D eigenvalue weighted by molar-refractivity contribution is 6.80. The molecule has 0 aliphatic rings. The summed E-state index contributed by atoms with van der Waals surface area (Å²) in [6.07, 6.45) is 0. The minimum Gasteiger partial charge on any atom is -0.461 e. The van der Waals surface area contributed by atoms with Crippen LogP contribution in [-0.4, -0.2) is 24.9 Å². The molecule has 0 aromatic carbocycles. The summed E-state index contributed by atoms with van der Waals surface area (Å²) in [6.45, 7) is 6.82. The van der Waals surface area contributed by atoms with Gasteiger partial charge in [-0.2, -0.15) is 0 Å². The van der Waals surface area contributed by atoms with Crippen LogP contribution < -0.4 is 0 Å². The lowest BCUT2D eigenvalue weighted by molar-refractivity contribution is 0.261. The van der Waals surface area contributed by atoms with Crippen molar-refractivity contribution in [1.29, 1.82) is 0 Å². The van der Waals surface area contributed by atoms with Gasteiger partial charge in [0.25, 0.3) is 0 Å². The van der Waals surface area contributed by atoms with Gasteiger partial charge in [0.2, 0.25) is 24.9 Å². The standard InChI is InChI=1S/C10H4Cl14O/c1-3(5(11,12)7(15,16)9(19,20)21)25-4(2)6(13,14)8(17,18)10(22,23)24/h1-2H2. The molecule has 0 fully saturated rings. The van der Waals surface area contributed by atoms with Crippen molar-refractivity contribution in [2.75, 3.05) is 0 Å². The molecule has 0 bridgehead atoms. The minimum absolute atomic E-state index is 0.601. The normalized spacial score (nSPS) is 15.1. The monoisotopic (exact) mass is 630 g/mol. The average Bonchev–Trinajstić information content (AvgIpc) is 2.34. The zero-order valence-electron chi connectivity index (χ0n) is 11.1. The molecular weight excluding hydrogens is 632 g/mol. The summed E-state index contributed by atoms with van der Waals surface area (Å²) in [5, 5.41) is 0. The molecule has 0 aliphatic heterocycles. The number of hydrogen-bond acceptors (Lipinski definition) is 1. The van der Waals surface area contributed by atoms with E-state index in [1.807, 2.05) is 0 Å². The number of alkyl halides is 14. The van der Waals surface area contributed by atoms with Crippen LogP contribution in [0, 0.1) is 0 Å². The highest BCUT2D eigenvalue weighted by Gasteiger charge is 2.65. The fourth-order valence-electron chi connectivity index (χ4n) is 0.983. The molecule has 0 saturated heterocycles. The van der Waals surface area contributed by atoms with Crippen molar-refractivity contribution in [3.63, 3.8) is 0 Å². The van der Waals surface area contributed by atoms with Crippen molar-refractivity contribution >= 4 is 162 Å². The summed E-state index contributed by atoms with van der Waals surface area (Å²) in [6, 6.07) is 0. The van der Waals surface area contributed by atoms with Gasteiger partial charge in [-0.15, -0.1) is 0 Å². The van der Waals surface area contributed by atoms with Crippen LogP contribution in [0.4, 0.5) is 0 Å². The van der Waals surface area contributed by atoms with E-state index in [-0.39, 0.29) is 0 Å². The van der Waals surface area contributed by atoms with Gasteiger partial charge in [0.05, 0.1) is 0 Å². The van der Waals surface area contributed by atoms with E-state index >= 15 is 0 Å². The van der Waals surface area contributed by atoms with Gasteiger partial charge < -0.3 is 4.74 Å². The summed E-state index contributed by atoms with van der Waals surface area (Å²) < 4.78 is -9.30. The predicted octanol–water partition coefficient (Wildman–Crippen LogP) is 9.47. The lowest BCUT2D eigenvalue weighted by Gasteiger charge is -2.41. The Labute approximate surface area is 214 Å². The fourth-order valence-corrected chi connectivity index (χ4v) is 3.56. The van der Waals surface area contributed by atoms with E-state index in [1.165, 1.54) is 0 Å². The predicted molar refractivity (Wildman–Crippen MR) is 118 cm³/mol. The Kier molecular flexibility index (Phi) is 10.0. The Morgan fingerprint density at radius 3 is 0.840 bits per heavy atom. The second kappa shape index (κ2) is 8.83. The van der Waals surface area contributed by atoms with Gasteiger partial charge in [0.15, 0.2) is 0 Å². The molecule has 0 heterocycles. The van der Waals surface area contributed by atoms with Crippen LogP contribution in [0.15, 0.2) is 24.7 Å². The molecule has 0 aromatic heterocycles. The largest absolute Gasteiger partial charge is 0.461 e. The van der Waals surface area contributed by atoms with Crippen LogP contribution in [0.3, 0.4) is 0 Å². The maximum atomic E-state index is 6.01. The molecule has 25 heavy (non-hydrogen) atoms. The Balaban J connectivity index is 5.68. The van der Waals surface area contributed by atoms with Crippen molar-refractivity contribution in [3.05, 3.63) is 24.7 Å². The number of ether oxygens (including phenoxy) is 1. The quantitative estimate of drug-likeness (QED) is 0.209. The number of halogens is 14. The average molecular weight is 636 g/mol. The molecule has 0 amide bonds. The lowest BCUT2D eigenvalue weighted by Crippen LogP contribution is -2.50. The second-order valence-corrected chi connectivity index (χ2v) is 14.1. The topological polar surface area (TPSA) is 9.23 Å². The van der Waals surface area contributed by atoms with E-state index in [2.05, 4.69) is 13.2 Å². The maximum absolute atomic E-state index is 6.01. The molecule has 0 spiro atoms. The molecule has 0 aliphatic carbocycles. The van der Waals surface area contributed by atoms with E-state index in [0.29, 0.717) is 0 Å². The Hall–Kier alpha value is 3.34. The summed E-state index contributed by atoms with van der Waals surface area (Å²) in [4.78, 5) is 0. The summed E-state index contributed by atoms with van der Waals surface area (Å²) in [7, 11) is 0. The Bertz CT molecular complexity index is 489. The highest BCUT2D eigenvalue weighted by atomic mass is 35.6. The second-order valence-electron chi connectivity index (χ2n) is 4.24. The third kappa shape index (κ3) is 5.73. The first-order valence-electron chi connectivity index (χ1n) is 5.26. The molecule has 1 nitrogen and oxygen atoms in total. The first-order chi connectivity index (χ1) is 10.5. The smallest absolute Gasteiger partial charge is 0.226 e. The molecule has 0 saturated carbocycles. The summed E-state index contributed by atoms with van der Waals surface area (Å²) in [5.41, 5.74) is 0. The van der Waals surface area contributed by atoms with Gasteiger partial charge >= 0.3 is 0 Å². The molecule has 0 radical (unpaired) electrons. The molecule has 0 rings (SSSR count). The van der Waals surface area contributed by atoms with Crippen LogP contribution >= 0.6 is 162 Å². The van der Waals surface area contributed by atoms with Crippen molar-refractivity contribution in [2.45, 2.75) is 24.9 Å².